The van der Waals surface area contributed by atoms with Crippen molar-refractivity contribution in [2.75, 3.05) is 0 Å². The highest BCUT2D eigenvalue weighted by molar-refractivity contribution is 6.04. The molecule has 4 rings (SSSR count). The standard InChI is InChI=1S/C32H42N2O2/c1-4-9-30(35)29-21-27(22(3)19-28(29)24-12-8-13-24)32(36)25-11-7-6-10-23(14-15-25)26-16-18-34(17-5-2)31(33)20-26/h5,16-21,23-25,33H,4,6-15H2,1-3H3/b17-5-,33-31?. The van der Waals surface area contributed by atoms with Crippen LogP contribution in [0.1, 0.15) is 134 Å². The van der Waals surface area contributed by atoms with Crippen LogP contribution in [-0.4, -0.2) is 16.1 Å². The lowest BCUT2D eigenvalue weighted by atomic mass is 9.75. The Bertz CT molecular complexity index is 1190. The predicted molar refractivity (Wildman–Crippen MR) is 147 cm³/mol. The van der Waals surface area contributed by atoms with Crippen LogP contribution in [0.25, 0.3) is 6.20 Å². The Morgan fingerprint density at radius 3 is 2.39 bits per heavy atom. The second kappa shape index (κ2) is 12.0. The van der Waals surface area contributed by atoms with Crippen molar-refractivity contribution in [2.24, 2.45) is 5.92 Å². The average molecular weight is 487 g/mol. The number of rotatable bonds is 8. The number of pyridine rings is 1. The molecule has 1 aromatic heterocycles. The van der Waals surface area contributed by atoms with Crippen molar-refractivity contribution in [1.29, 1.82) is 5.41 Å². The van der Waals surface area contributed by atoms with Crippen LogP contribution in [0.5, 0.6) is 0 Å². The number of aromatic nitrogens is 1. The number of benzene rings is 1. The number of allylic oxidation sites excluding steroid dienone is 1. The van der Waals surface area contributed by atoms with Crippen LogP contribution in [0.2, 0.25) is 0 Å². The number of nitrogens with zero attached hydrogens (tertiary/aromatic N) is 1. The lowest BCUT2D eigenvalue weighted by molar-refractivity contribution is 0.0895. The molecule has 2 unspecified atom stereocenters. The molecular weight excluding hydrogens is 444 g/mol. The number of carbonyl (C=O) groups is 2. The summed E-state index contributed by atoms with van der Waals surface area (Å²) >= 11 is 0. The Morgan fingerprint density at radius 2 is 1.72 bits per heavy atom. The van der Waals surface area contributed by atoms with Crippen molar-refractivity contribution in [3.63, 3.8) is 0 Å². The molecule has 1 heterocycles. The van der Waals surface area contributed by atoms with Crippen LogP contribution >= 0.6 is 0 Å². The normalized spacial score (nSPS) is 21.1. The van der Waals surface area contributed by atoms with Gasteiger partial charge in [-0.25, -0.2) is 0 Å². The Labute approximate surface area is 216 Å². The van der Waals surface area contributed by atoms with Crippen LogP contribution in [0.3, 0.4) is 0 Å². The summed E-state index contributed by atoms with van der Waals surface area (Å²) in [6, 6.07) is 8.24. The van der Waals surface area contributed by atoms with E-state index in [4.69, 9.17) is 5.41 Å². The maximum absolute atomic E-state index is 13.8. The first-order valence-corrected chi connectivity index (χ1v) is 14.0. The number of ketones is 2. The smallest absolute Gasteiger partial charge is 0.166 e. The Balaban J connectivity index is 1.55. The fourth-order valence-corrected chi connectivity index (χ4v) is 6.02. The maximum Gasteiger partial charge on any atom is 0.166 e. The molecule has 4 heteroatoms. The summed E-state index contributed by atoms with van der Waals surface area (Å²) in [7, 11) is 0. The van der Waals surface area contributed by atoms with Gasteiger partial charge in [0.05, 0.1) is 0 Å². The van der Waals surface area contributed by atoms with Crippen LogP contribution < -0.4 is 5.49 Å². The summed E-state index contributed by atoms with van der Waals surface area (Å²) in [6.45, 7) is 6.05. The Kier molecular flexibility index (Phi) is 8.77. The van der Waals surface area contributed by atoms with E-state index in [1.807, 2.05) is 49.0 Å². The zero-order valence-corrected chi connectivity index (χ0v) is 22.3. The van der Waals surface area contributed by atoms with Gasteiger partial charge in [0.25, 0.3) is 0 Å². The molecule has 192 valence electrons. The molecule has 36 heavy (non-hydrogen) atoms. The lowest BCUT2D eigenvalue weighted by Crippen LogP contribution is -2.22. The van der Waals surface area contributed by atoms with E-state index in [2.05, 4.69) is 19.1 Å². The van der Waals surface area contributed by atoms with E-state index >= 15 is 0 Å². The second-order valence-electron chi connectivity index (χ2n) is 10.9. The van der Waals surface area contributed by atoms with Gasteiger partial charge in [-0.3, -0.25) is 15.0 Å². The van der Waals surface area contributed by atoms with Crippen LogP contribution in [0, 0.1) is 18.3 Å². The third kappa shape index (κ3) is 5.79. The molecule has 0 radical (unpaired) electrons. The number of hydrogen-bond acceptors (Lipinski definition) is 3. The number of carbonyl (C=O) groups excluding carboxylic acids is 2. The minimum atomic E-state index is 0.00215. The van der Waals surface area contributed by atoms with Crippen LogP contribution in [-0.2, 0) is 0 Å². The first-order chi connectivity index (χ1) is 17.4. The Hall–Kier alpha value is -2.75. The van der Waals surface area contributed by atoms with Gasteiger partial charge in [-0.1, -0.05) is 38.3 Å². The van der Waals surface area contributed by atoms with E-state index in [1.165, 1.54) is 17.5 Å². The van der Waals surface area contributed by atoms with Crippen molar-refractivity contribution in [3.05, 3.63) is 69.8 Å². The molecule has 1 aromatic carbocycles. The van der Waals surface area contributed by atoms with Crippen LogP contribution in [0.15, 0.2) is 36.5 Å². The fourth-order valence-electron chi connectivity index (χ4n) is 6.02. The summed E-state index contributed by atoms with van der Waals surface area (Å²) in [5.74, 6) is 1.27. The number of nitrogens with one attached hydrogen (secondary N) is 1. The number of aryl methyl sites for hydroxylation is 1. The molecule has 2 aliphatic carbocycles. The first-order valence-electron chi connectivity index (χ1n) is 14.0. The van der Waals surface area contributed by atoms with Gasteiger partial charge in [0.2, 0.25) is 0 Å². The van der Waals surface area contributed by atoms with E-state index < -0.39 is 0 Å². The van der Waals surface area contributed by atoms with Gasteiger partial charge in [-0.15, -0.1) is 0 Å². The van der Waals surface area contributed by atoms with Gasteiger partial charge >= 0.3 is 0 Å². The van der Waals surface area contributed by atoms with Crippen molar-refractivity contribution < 1.29 is 9.59 Å². The van der Waals surface area contributed by atoms with Crippen LogP contribution in [0.4, 0.5) is 0 Å². The molecule has 2 aromatic rings. The minimum Gasteiger partial charge on any atom is -0.309 e. The third-order valence-corrected chi connectivity index (χ3v) is 8.36. The fraction of sp³-hybridized carbons (Fsp3) is 0.531. The highest BCUT2D eigenvalue weighted by atomic mass is 16.1. The van der Waals surface area contributed by atoms with Gasteiger partial charge in [-0.05, 0) is 106 Å². The molecule has 0 bridgehead atoms. The van der Waals surface area contributed by atoms with Gasteiger partial charge in [-0.2, -0.15) is 0 Å². The molecular formula is C32H42N2O2. The molecule has 2 atom stereocenters. The van der Waals surface area contributed by atoms with Crippen molar-refractivity contribution in [2.45, 2.75) is 103 Å². The average Bonchev–Trinajstić information content (AvgIpc) is 2.79. The summed E-state index contributed by atoms with van der Waals surface area (Å²) < 4.78 is 1.83. The lowest BCUT2D eigenvalue weighted by Gasteiger charge is -2.29. The molecule has 0 saturated heterocycles. The van der Waals surface area contributed by atoms with E-state index in [9.17, 15) is 9.59 Å². The van der Waals surface area contributed by atoms with Gasteiger partial charge in [0.1, 0.15) is 5.49 Å². The van der Waals surface area contributed by atoms with Gasteiger partial charge < -0.3 is 4.57 Å². The molecule has 0 aliphatic heterocycles. The van der Waals surface area contributed by atoms with Gasteiger partial charge in [0, 0.05) is 35.9 Å². The Morgan fingerprint density at radius 1 is 0.972 bits per heavy atom. The van der Waals surface area contributed by atoms with E-state index in [0.717, 1.165) is 74.5 Å². The molecule has 2 saturated carbocycles. The summed E-state index contributed by atoms with van der Waals surface area (Å²) in [5.41, 5.74) is 5.48. The molecule has 0 spiro atoms. The summed E-state index contributed by atoms with van der Waals surface area (Å²) in [6.07, 6.45) is 16.7. The highest BCUT2D eigenvalue weighted by Crippen LogP contribution is 2.40. The minimum absolute atomic E-state index is 0.00215. The number of hydrogen-bond donors (Lipinski definition) is 1. The summed E-state index contributed by atoms with van der Waals surface area (Å²) in [5, 5.41) is 8.36. The predicted octanol–water partition coefficient (Wildman–Crippen LogP) is 7.95. The van der Waals surface area contributed by atoms with Gasteiger partial charge in [0.15, 0.2) is 11.6 Å². The van der Waals surface area contributed by atoms with Crippen molar-refractivity contribution in [1.82, 2.24) is 4.57 Å². The van der Waals surface area contributed by atoms with E-state index in [-0.39, 0.29) is 17.5 Å². The summed E-state index contributed by atoms with van der Waals surface area (Å²) in [4.78, 5) is 26.9. The largest absolute Gasteiger partial charge is 0.309 e. The maximum atomic E-state index is 13.8. The van der Waals surface area contributed by atoms with Crippen molar-refractivity contribution >= 4 is 17.8 Å². The number of Topliss-reactive ketones (excluding diaryl/α,β-unsaturated/α-hetero) is 2. The van der Waals surface area contributed by atoms with Crippen molar-refractivity contribution in [3.8, 4) is 0 Å². The molecule has 2 fully saturated rings. The second-order valence-corrected chi connectivity index (χ2v) is 10.9. The SMILES string of the molecule is C/C=C\n1ccc(C2CCCCC(C(=O)c3cc(C(=O)CCC)c(C4CCC4)cc3C)CC2)cc1=N. The zero-order valence-electron chi connectivity index (χ0n) is 22.3. The topological polar surface area (TPSA) is 62.9 Å². The molecule has 0 amide bonds. The quantitative estimate of drug-likeness (QED) is 0.385. The zero-order chi connectivity index (χ0) is 25.7. The third-order valence-electron chi connectivity index (χ3n) is 8.36. The molecule has 1 N–H and O–H groups in total. The first kappa shape index (κ1) is 26.3. The molecule has 4 nitrogen and oxygen atoms in total. The highest BCUT2D eigenvalue weighted by Gasteiger charge is 2.29. The van der Waals surface area contributed by atoms with E-state index in [1.54, 1.807) is 0 Å². The van der Waals surface area contributed by atoms with E-state index in [0.29, 0.717) is 23.7 Å². The molecule has 2 aliphatic rings. The monoisotopic (exact) mass is 486 g/mol.